The second-order valence-electron chi connectivity index (χ2n) is 7.95. The molecule has 6 heteroatoms. The first-order valence-electron chi connectivity index (χ1n) is 8.35. The van der Waals surface area contributed by atoms with Gasteiger partial charge in [0.1, 0.15) is 5.60 Å². The van der Waals surface area contributed by atoms with Crippen molar-refractivity contribution < 1.29 is 19.5 Å². The first-order valence-corrected chi connectivity index (χ1v) is 8.35. The summed E-state index contributed by atoms with van der Waals surface area (Å²) in [6.45, 7) is 14.4. The molecule has 3 unspecified atom stereocenters. The summed E-state index contributed by atoms with van der Waals surface area (Å²) in [5.74, 6) is -0.353. The number of rotatable bonds is 2. The van der Waals surface area contributed by atoms with E-state index in [4.69, 9.17) is 4.74 Å². The van der Waals surface area contributed by atoms with E-state index < -0.39 is 28.8 Å². The summed E-state index contributed by atoms with van der Waals surface area (Å²) in [6, 6.07) is -0.569. The molecule has 0 aromatic heterocycles. The van der Waals surface area contributed by atoms with Gasteiger partial charge in [0.15, 0.2) is 0 Å². The Hall–Kier alpha value is -1.14. The number of ether oxygens (including phenoxy) is 1. The van der Waals surface area contributed by atoms with Gasteiger partial charge in [0.2, 0.25) is 5.91 Å². The van der Waals surface area contributed by atoms with Gasteiger partial charge in [0.05, 0.1) is 17.1 Å². The van der Waals surface area contributed by atoms with Crippen LogP contribution in [0.4, 0.5) is 4.79 Å². The molecule has 0 aromatic carbocycles. The molecule has 1 radical (unpaired) electrons. The third kappa shape index (κ3) is 3.69. The molecule has 133 valence electrons. The number of hydrogen-bond acceptors (Lipinski definition) is 4. The first-order chi connectivity index (χ1) is 10.3. The summed E-state index contributed by atoms with van der Waals surface area (Å²) < 4.78 is 5.39. The maximum atomic E-state index is 13.0. The highest BCUT2D eigenvalue weighted by Gasteiger charge is 2.54. The Morgan fingerprint density at radius 3 is 2.17 bits per heavy atom. The number of amides is 2. The van der Waals surface area contributed by atoms with E-state index in [2.05, 4.69) is 0 Å². The molecule has 0 aromatic rings. The minimum atomic E-state index is -0.853. The van der Waals surface area contributed by atoms with Crippen molar-refractivity contribution in [3.63, 3.8) is 0 Å². The SMILES string of the molecule is CCC1(C)CC(=O)N(C(=O)OC(C)(C)C)C(C)C(C)(CC)N1[O]. The second-order valence-corrected chi connectivity index (χ2v) is 7.95. The number of nitrogens with zero attached hydrogens (tertiary/aromatic N) is 2. The van der Waals surface area contributed by atoms with Gasteiger partial charge >= 0.3 is 6.09 Å². The van der Waals surface area contributed by atoms with Crippen molar-refractivity contribution in [2.24, 2.45) is 0 Å². The van der Waals surface area contributed by atoms with E-state index in [1.54, 1.807) is 34.6 Å². The summed E-state index contributed by atoms with van der Waals surface area (Å²) in [5, 5.41) is 14.1. The van der Waals surface area contributed by atoms with Crippen LogP contribution in [0.3, 0.4) is 0 Å². The van der Waals surface area contributed by atoms with Crippen LogP contribution < -0.4 is 0 Å². The lowest BCUT2D eigenvalue weighted by Crippen LogP contribution is -2.61. The highest BCUT2D eigenvalue weighted by Crippen LogP contribution is 2.39. The van der Waals surface area contributed by atoms with Crippen molar-refractivity contribution in [1.82, 2.24) is 9.96 Å². The van der Waals surface area contributed by atoms with Crippen LogP contribution in [-0.2, 0) is 14.7 Å². The van der Waals surface area contributed by atoms with Gasteiger partial charge < -0.3 is 4.74 Å². The lowest BCUT2D eigenvalue weighted by molar-refractivity contribution is -0.284. The molecule has 1 aliphatic heterocycles. The molecule has 0 bridgehead atoms. The Morgan fingerprint density at radius 1 is 1.26 bits per heavy atom. The average Bonchev–Trinajstić information content (AvgIpc) is 2.47. The number of hydroxylamine groups is 2. The van der Waals surface area contributed by atoms with Crippen molar-refractivity contribution in [2.45, 2.75) is 97.4 Å². The Balaban J connectivity index is 3.33. The van der Waals surface area contributed by atoms with Gasteiger partial charge in [-0.05, 0) is 54.4 Å². The summed E-state index contributed by atoms with van der Waals surface area (Å²) in [7, 11) is 0. The van der Waals surface area contributed by atoms with Crippen LogP contribution in [0.5, 0.6) is 0 Å². The van der Waals surface area contributed by atoms with E-state index >= 15 is 0 Å². The quantitative estimate of drug-likeness (QED) is 0.778. The summed E-state index contributed by atoms with van der Waals surface area (Å²) >= 11 is 0. The van der Waals surface area contributed by atoms with E-state index in [9.17, 15) is 14.8 Å². The average molecular weight is 327 g/mol. The number of carbonyl (C=O) groups excluding carboxylic acids is 2. The van der Waals surface area contributed by atoms with Gasteiger partial charge in [-0.1, -0.05) is 13.8 Å². The van der Waals surface area contributed by atoms with E-state index in [-0.39, 0.29) is 12.3 Å². The molecule has 6 nitrogen and oxygen atoms in total. The fraction of sp³-hybridized carbons (Fsp3) is 0.882. The van der Waals surface area contributed by atoms with Gasteiger partial charge in [0.25, 0.3) is 0 Å². The van der Waals surface area contributed by atoms with Crippen LogP contribution in [-0.4, -0.2) is 44.7 Å². The van der Waals surface area contributed by atoms with Gasteiger partial charge in [-0.3, -0.25) is 4.79 Å². The standard InChI is InChI=1S/C17H31N2O4/c1-9-16(7)11-13(20)18(14(21)23-15(4,5)6)12(3)17(8,10-2)19(16)22/h12H,9-11H2,1-8H3. The van der Waals surface area contributed by atoms with Gasteiger partial charge in [0, 0.05) is 6.42 Å². The van der Waals surface area contributed by atoms with Crippen LogP contribution in [0.2, 0.25) is 0 Å². The van der Waals surface area contributed by atoms with Crippen molar-refractivity contribution in [3.05, 3.63) is 0 Å². The zero-order valence-electron chi connectivity index (χ0n) is 15.7. The van der Waals surface area contributed by atoms with Crippen LogP contribution in [0.25, 0.3) is 0 Å². The van der Waals surface area contributed by atoms with Gasteiger partial charge in [-0.25, -0.2) is 9.69 Å². The second kappa shape index (κ2) is 6.40. The highest BCUT2D eigenvalue weighted by molar-refractivity contribution is 5.93. The number of carbonyl (C=O) groups is 2. The zero-order valence-corrected chi connectivity index (χ0v) is 15.7. The molecule has 0 N–H and O–H groups in total. The van der Waals surface area contributed by atoms with Crippen molar-refractivity contribution in [2.75, 3.05) is 0 Å². The lowest BCUT2D eigenvalue weighted by atomic mass is 9.85. The molecule has 1 saturated heterocycles. The molecule has 1 rings (SSSR count). The molecule has 1 aliphatic rings. The molecule has 23 heavy (non-hydrogen) atoms. The normalized spacial score (nSPS) is 33.5. The van der Waals surface area contributed by atoms with Crippen LogP contribution in [0, 0.1) is 0 Å². The Bertz CT molecular complexity index is 474. The van der Waals surface area contributed by atoms with E-state index in [1.807, 2.05) is 20.8 Å². The highest BCUT2D eigenvalue weighted by atomic mass is 16.6. The monoisotopic (exact) mass is 327 g/mol. The van der Waals surface area contributed by atoms with Crippen molar-refractivity contribution >= 4 is 12.0 Å². The predicted molar refractivity (Wildman–Crippen MR) is 87.1 cm³/mol. The van der Waals surface area contributed by atoms with Gasteiger partial charge in [-0.15, -0.1) is 10.3 Å². The minimum absolute atomic E-state index is 0.00612. The maximum absolute atomic E-state index is 13.0. The summed E-state index contributed by atoms with van der Waals surface area (Å²) in [4.78, 5) is 26.4. The molecule has 0 saturated carbocycles. The molecular weight excluding hydrogens is 296 g/mol. The largest absolute Gasteiger partial charge is 0.443 e. The molecule has 3 atom stereocenters. The van der Waals surface area contributed by atoms with E-state index in [1.165, 1.54) is 0 Å². The molecule has 0 spiro atoms. The Labute approximate surface area is 139 Å². The van der Waals surface area contributed by atoms with Crippen LogP contribution in [0.15, 0.2) is 0 Å². The zero-order chi connectivity index (χ0) is 18.2. The van der Waals surface area contributed by atoms with Crippen molar-refractivity contribution in [1.29, 1.82) is 0 Å². The number of hydrogen-bond donors (Lipinski definition) is 0. The minimum Gasteiger partial charge on any atom is -0.443 e. The molecule has 0 aliphatic carbocycles. The van der Waals surface area contributed by atoms with E-state index in [0.29, 0.717) is 12.8 Å². The smallest absolute Gasteiger partial charge is 0.417 e. The van der Waals surface area contributed by atoms with Crippen LogP contribution in [0.1, 0.15) is 74.7 Å². The lowest BCUT2D eigenvalue weighted by Gasteiger charge is -2.46. The van der Waals surface area contributed by atoms with E-state index in [0.717, 1.165) is 9.96 Å². The molecule has 1 fully saturated rings. The van der Waals surface area contributed by atoms with Crippen LogP contribution >= 0.6 is 0 Å². The third-order valence-corrected chi connectivity index (χ3v) is 5.11. The maximum Gasteiger partial charge on any atom is 0.417 e. The fourth-order valence-electron chi connectivity index (χ4n) is 3.04. The molecular formula is C17H31N2O4. The molecule has 2 amide bonds. The summed E-state index contributed by atoms with van der Waals surface area (Å²) in [6.07, 6.45) is 0.391. The fourth-order valence-corrected chi connectivity index (χ4v) is 3.04. The Kier molecular flexibility index (Phi) is 5.54. The molecule has 1 heterocycles. The first kappa shape index (κ1) is 19.9. The van der Waals surface area contributed by atoms with Crippen molar-refractivity contribution in [3.8, 4) is 0 Å². The Morgan fingerprint density at radius 2 is 1.78 bits per heavy atom. The summed E-state index contributed by atoms with van der Waals surface area (Å²) in [5.41, 5.74) is -2.38. The van der Waals surface area contributed by atoms with Gasteiger partial charge in [-0.2, -0.15) is 0 Å². The third-order valence-electron chi connectivity index (χ3n) is 5.11. The number of imide groups is 1. The predicted octanol–water partition coefficient (Wildman–Crippen LogP) is 3.53. The topological polar surface area (TPSA) is 69.8 Å².